The number of carbonyl (C=O) groups is 1. The van der Waals surface area contributed by atoms with Crippen molar-refractivity contribution >= 4 is 17.4 Å². The topological polar surface area (TPSA) is 134 Å². The third-order valence-corrected chi connectivity index (χ3v) is 3.81. The van der Waals surface area contributed by atoms with Crippen LogP contribution in [0.15, 0.2) is 24.4 Å². The summed E-state index contributed by atoms with van der Waals surface area (Å²) in [5.74, 6) is -0.309. The number of amides is 1. The Bertz CT molecular complexity index is 1010. The quantitative estimate of drug-likeness (QED) is 0.511. The second-order valence-electron chi connectivity index (χ2n) is 5.70. The van der Waals surface area contributed by atoms with Crippen LogP contribution in [0.25, 0.3) is 5.69 Å². The predicted molar refractivity (Wildman–Crippen MR) is 90.7 cm³/mol. The molecular formula is C15H15FN8O3. The number of anilines is 1. The monoisotopic (exact) mass is 374 g/mol. The fourth-order valence-corrected chi connectivity index (χ4v) is 2.46. The highest BCUT2D eigenvalue weighted by atomic mass is 19.1. The third-order valence-electron chi connectivity index (χ3n) is 3.81. The summed E-state index contributed by atoms with van der Waals surface area (Å²) in [4.78, 5) is 26.1. The molecule has 11 nitrogen and oxygen atoms in total. The van der Waals surface area contributed by atoms with Crippen molar-refractivity contribution in [2.75, 3.05) is 5.32 Å². The summed E-state index contributed by atoms with van der Waals surface area (Å²) in [5, 5.41) is 24.3. The molecule has 2 heterocycles. The van der Waals surface area contributed by atoms with Gasteiger partial charge in [-0.15, -0.1) is 5.10 Å². The van der Waals surface area contributed by atoms with Crippen LogP contribution in [0.4, 0.5) is 15.9 Å². The van der Waals surface area contributed by atoms with Crippen molar-refractivity contribution < 1.29 is 14.1 Å². The van der Waals surface area contributed by atoms with Crippen LogP contribution >= 0.6 is 0 Å². The summed E-state index contributed by atoms with van der Waals surface area (Å²) in [6, 6.07) is 4.04. The Morgan fingerprint density at radius 1 is 1.33 bits per heavy atom. The molecule has 2 aromatic heterocycles. The van der Waals surface area contributed by atoms with E-state index in [9.17, 15) is 19.3 Å². The average Bonchev–Trinajstić information content (AvgIpc) is 3.20. The Labute approximate surface area is 152 Å². The molecule has 27 heavy (non-hydrogen) atoms. The number of carbonyl (C=O) groups excluding carboxylic acids is 1. The minimum Gasteiger partial charge on any atom is -0.358 e. The molecule has 140 valence electrons. The first-order valence-corrected chi connectivity index (χ1v) is 7.88. The Balaban J connectivity index is 1.68. The summed E-state index contributed by atoms with van der Waals surface area (Å²) >= 11 is 0. The van der Waals surface area contributed by atoms with E-state index in [0.717, 1.165) is 0 Å². The summed E-state index contributed by atoms with van der Waals surface area (Å²) in [7, 11) is 0. The van der Waals surface area contributed by atoms with Gasteiger partial charge >= 0.3 is 5.82 Å². The Morgan fingerprint density at radius 2 is 2.11 bits per heavy atom. The molecule has 0 fully saturated rings. The Morgan fingerprint density at radius 3 is 2.74 bits per heavy atom. The lowest BCUT2D eigenvalue weighted by molar-refractivity contribution is -0.389. The van der Waals surface area contributed by atoms with Crippen molar-refractivity contribution in [3.63, 3.8) is 0 Å². The first kappa shape index (κ1) is 18.1. The number of benzene rings is 1. The largest absolute Gasteiger partial charge is 0.381 e. The van der Waals surface area contributed by atoms with Gasteiger partial charge in [0.05, 0.1) is 0 Å². The van der Waals surface area contributed by atoms with Crippen molar-refractivity contribution in [1.29, 1.82) is 0 Å². The van der Waals surface area contributed by atoms with E-state index < -0.39 is 10.7 Å². The molecule has 0 radical (unpaired) electrons. The van der Waals surface area contributed by atoms with Gasteiger partial charge in [0.15, 0.2) is 5.82 Å². The maximum absolute atomic E-state index is 14.0. The summed E-state index contributed by atoms with van der Waals surface area (Å²) in [6.07, 6.45) is 1.34. The number of halogens is 1. The molecule has 0 bridgehead atoms. The van der Waals surface area contributed by atoms with E-state index in [0.29, 0.717) is 17.3 Å². The van der Waals surface area contributed by atoms with Crippen LogP contribution in [0.1, 0.15) is 18.1 Å². The zero-order valence-electron chi connectivity index (χ0n) is 14.5. The number of aryl methyl sites for hydroxylation is 3. The van der Waals surface area contributed by atoms with E-state index in [1.807, 2.05) is 0 Å². The molecule has 1 aromatic carbocycles. The minimum atomic E-state index is -0.593. The number of nitrogens with zero attached hydrogens (tertiary/aromatic N) is 7. The van der Waals surface area contributed by atoms with E-state index in [2.05, 4.69) is 25.8 Å². The SMILES string of the molecule is Cc1nc([N+](=O)[O-])cn1CCC(=O)Nc1ccc(F)c(-n2nnnc2C)c1. The minimum absolute atomic E-state index is 0.0605. The number of nitrogens with one attached hydrogen (secondary N) is 1. The smallest absolute Gasteiger partial charge is 0.358 e. The highest BCUT2D eigenvalue weighted by molar-refractivity contribution is 5.90. The van der Waals surface area contributed by atoms with E-state index in [4.69, 9.17) is 0 Å². The zero-order valence-corrected chi connectivity index (χ0v) is 14.5. The average molecular weight is 374 g/mol. The van der Waals surface area contributed by atoms with E-state index in [-0.39, 0.29) is 30.4 Å². The maximum atomic E-state index is 14.0. The zero-order chi connectivity index (χ0) is 19.6. The molecule has 0 aliphatic rings. The maximum Gasteiger partial charge on any atom is 0.381 e. The van der Waals surface area contributed by atoms with Crippen LogP contribution in [0.5, 0.6) is 0 Å². The van der Waals surface area contributed by atoms with Gasteiger partial charge in [-0.05, 0) is 45.5 Å². The molecule has 1 N–H and O–H groups in total. The van der Waals surface area contributed by atoms with Crippen molar-refractivity contribution in [1.82, 2.24) is 29.8 Å². The molecule has 0 spiro atoms. The fraction of sp³-hybridized carbons (Fsp3) is 0.267. The van der Waals surface area contributed by atoms with Gasteiger partial charge in [-0.1, -0.05) is 0 Å². The molecule has 0 saturated carbocycles. The normalized spacial score (nSPS) is 10.8. The van der Waals surface area contributed by atoms with Crippen LogP contribution < -0.4 is 5.32 Å². The standard InChI is InChI=1S/C15H15FN8O3/c1-9-17-14(24(26)27)8-22(9)6-5-15(25)18-11-3-4-12(16)13(7-11)23-10(2)19-20-21-23/h3-4,7-8H,5-6H2,1-2H3,(H,18,25). The predicted octanol–water partition coefficient (Wildman–Crippen LogP) is 1.55. The highest BCUT2D eigenvalue weighted by Crippen LogP contribution is 2.19. The molecule has 0 aliphatic heterocycles. The van der Waals surface area contributed by atoms with E-state index >= 15 is 0 Å². The van der Waals surface area contributed by atoms with Gasteiger partial charge in [0, 0.05) is 25.6 Å². The number of nitro groups is 1. The Kier molecular flexibility index (Phi) is 4.88. The van der Waals surface area contributed by atoms with Gasteiger partial charge in [-0.3, -0.25) is 4.79 Å². The lowest BCUT2D eigenvalue weighted by atomic mass is 10.2. The highest BCUT2D eigenvalue weighted by Gasteiger charge is 2.16. The van der Waals surface area contributed by atoms with Crippen LogP contribution in [0.3, 0.4) is 0 Å². The van der Waals surface area contributed by atoms with Crippen LogP contribution in [-0.4, -0.2) is 40.6 Å². The van der Waals surface area contributed by atoms with E-state index in [1.165, 1.54) is 33.6 Å². The van der Waals surface area contributed by atoms with Crippen molar-refractivity contribution in [3.8, 4) is 5.69 Å². The number of hydrogen-bond acceptors (Lipinski definition) is 7. The summed E-state index contributed by atoms with van der Waals surface area (Å²) < 4.78 is 16.8. The fourth-order valence-electron chi connectivity index (χ4n) is 2.46. The van der Waals surface area contributed by atoms with Gasteiger partial charge in [0.2, 0.25) is 11.7 Å². The second-order valence-corrected chi connectivity index (χ2v) is 5.70. The second kappa shape index (κ2) is 7.27. The molecule has 3 aromatic rings. The van der Waals surface area contributed by atoms with Crippen molar-refractivity contribution in [2.24, 2.45) is 0 Å². The van der Waals surface area contributed by atoms with Gasteiger partial charge in [0.1, 0.15) is 17.7 Å². The number of aromatic nitrogens is 6. The van der Waals surface area contributed by atoms with Crippen LogP contribution in [0, 0.1) is 29.8 Å². The Hall–Kier alpha value is -3.70. The van der Waals surface area contributed by atoms with Gasteiger partial charge in [-0.2, -0.15) is 4.68 Å². The van der Waals surface area contributed by atoms with Crippen molar-refractivity contribution in [2.45, 2.75) is 26.8 Å². The molecular weight excluding hydrogens is 359 g/mol. The first-order chi connectivity index (χ1) is 12.8. The molecule has 0 atom stereocenters. The molecule has 3 rings (SSSR count). The summed E-state index contributed by atoms with van der Waals surface area (Å²) in [6.45, 7) is 3.46. The van der Waals surface area contributed by atoms with E-state index in [1.54, 1.807) is 13.8 Å². The van der Waals surface area contributed by atoms with Crippen molar-refractivity contribution in [3.05, 3.63) is 52.0 Å². The molecule has 0 unspecified atom stereocenters. The summed E-state index contributed by atoms with van der Waals surface area (Å²) in [5.41, 5.74) is 0.482. The molecule has 0 aliphatic carbocycles. The molecule has 0 saturated heterocycles. The van der Waals surface area contributed by atoms with Crippen LogP contribution in [-0.2, 0) is 11.3 Å². The number of tetrazole rings is 1. The van der Waals surface area contributed by atoms with Gasteiger partial charge in [0.25, 0.3) is 0 Å². The number of imidazole rings is 1. The van der Waals surface area contributed by atoms with Gasteiger partial charge in [-0.25, -0.2) is 4.39 Å². The van der Waals surface area contributed by atoms with Gasteiger partial charge < -0.3 is 20.0 Å². The molecule has 1 amide bonds. The number of rotatable bonds is 6. The lowest BCUT2D eigenvalue weighted by Gasteiger charge is -2.09. The molecule has 12 heteroatoms. The first-order valence-electron chi connectivity index (χ1n) is 7.88. The third kappa shape index (κ3) is 3.94. The lowest BCUT2D eigenvalue weighted by Crippen LogP contribution is -2.15. The van der Waals surface area contributed by atoms with Crippen LogP contribution in [0.2, 0.25) is 0 Å². The number of hydrogen-bond donors (Lipinski definition) is 1.